The standard InChI is InChI=1S/C27H24BrFN4O3/c1-3-17(2)26-32-22-13-12-19(28)14-20(22)27(35)33(26)30-15-18-8-4-7-11-24(18)36-16-25(34)31-23-10-6-5-9-21(23)29/h4-15,17H,3,16H2,1-2H3,(H,31,34)/t17-/m0/s1. The highest BCUT2D eigenvalue weighted by Gasteiger charge is 2.16. The van der Waals surface area contributed by atoms with E-state index in [9.17, 15) is 14.0 Å². The average molecular weight is 551 g/mol. The van der Waals surface area contributed by atoms with Crippen molar-refractivity contribution in [3.8, 4) is 5.75 Å². The van der Waals surface area contributed by atoms with Gasteiger partial charge >= 0.3 is 0 Å². The van der Waals surface area contributed by atoms with E-state index >= 15 is 0 Å². The first-order valence-corrected chi connectivity index (χ1v) is 12.2. The van der Waals surface area contributed by atoms with Crippen LogP contribution in [0.1, 0.15) is 37.6 Å². The molecule has 4 aromatic rings. The summed E-state index contributed by atoms with van der Waals surface area (Å²) < 4.78 is 21.6. The molecule has 0 aliphatic carbocycles. The topological polar surface area (TPSA) is 85.6 Å². The van der Waals surface area contributed by atoms with E-state index in [1.165, 1.54) is 23.0 Å². The lowest BCUT2D eigenvalue weighted by atomic mass is 10.1. The van der Waals surface area contributed by atoms with Crippen LogP contribution < -0.4 is 15.6 Å². The Labute approximate surface area is 215 Å². The van der Waals surface area contributed by atoms with Crippen molar-refractivity contribution >= 4 is 44.6 Å². The molecule has 1 heterocycles. The van der Waals surface area contributed by atoms with E-state index in [1.807, 2.05) is 19.9 Å². The Morgan fingerprint density at radius 1 is 1.19 bits per heavy atom. The van der Waals surface area contributed by atoms with Gasteiger partial charge in [-0.1, -0.05) is 54.0 Å². The van der Waals surface area contributed by atoms with Crippen LogP contribution in [-0.4, -0.2) is 28.4 Å². The Bertz CT molecular complexity index is 1500. The van der Waals surface area contributed by atoms with Crippen molar-refractivity contribution in [3.05, 3.63) is 98.8 Å². The van der Waals surface area contributed by atoms with E-state index in [0.717, 1.165) is 10.9 Å². The van der Waals surface area contributed by atoms with Gasteiger partial charge in [0.15, 0.2) is 6.61 Å². The SMILES string of the molecule is CC[C@H](C)c1nc2ccc(Br)cc2c(=O)n1N=Cc1ccccc1OCC(=O)Nc1ccccc1F. The van der Waals surface area contributed by atoms with Crippen LogP contribution in [0.4, 0.5) is 10.1 Å². The van der Waals surface area contributed by atoms with Crippen molar-refractivity contribution in [1.29, 1.82) is 0 Å². The maximum Gasteiger partial charge on any atom is 0.282 e. The number of anilines is 1. The van der Waals surface area contributed by atoms with Crippen molar-refractivity contribution in [2.75, 3.05) is 11.9 Å². The molecule has 1 aromatic heterocycles. The second kappa shape index (κ2) is 11.3. The highest BCUT2D eigenvalue weighted by atomic mass is 79.9. The fraction of sp³-hybridized carbons (Fsp3) is 0.185. The quantitative estimate of drug-likeness (QED) is 0.284. The number of benzene rings is 3. The summed E-state index contributed by atoms with van der Waals surface area (Å²) >= 11 is 3.41. The van der Waals surface area contributed by atoms with Gasteiger partial charge in [-0.25, -0.2) is 9.37 Å². The molecular formula is C27H24BrFN4O3. The van der Waals surface area contributed by atoms with Gasteiger partial charge in [0.05, 0.1) is 22.8 Å². The molecule has 184 valence electrons. The molecular weight excluding hydrogens is 527 g/mol. The molecule has 0 fully saturated rings. The highest BCUT2D eigenvalue weighted by Crippen LogP contribution is 2.22. The minimum absolute atomic E-state index is 0.00327. The lowest BCUT2D eigenvalue weighted by molar-refractivity contribution is -0.118. The third kappa shape index (κ3) is 5.68. The Balaban J connectivity index is 1.61. The molecule has 0 spiro atoms. The second-order valence-corrected chi connectivity index (χ2v) is 9.07. The van der Waals surface area contributed by atoms with Gasteiger partial charge in [0.2, 0.25) is 0 Å². The van der Waals surface area contributed by atoms with Crippen molar-refractivity contribution in [3.63, 3.8) is 0 Å². The van der Waals surface area contributed by atoms with Crippen LogP contribution in [0, 0.1) is 5.82 Å². The number of rotatable bonds is 8. The maximum atomic E-state index is 13.8. The zero-order chi connectivity index (χ0) is 25.7. The van der Waals surface area contributed by atoms with Gasteiger partial charge in [0, 0.05) is 16.0 Å². The molecule has 1 amide bonds. The van der Waals surface area contributed by atoms with Gasteiger partial charge in [-0.2, -0.15) is 9.78 Å². The maximum absolute atomic E-state index is 13.8. The molecule has 4 rings (SSSR count). The van der Waals surface area contributed by atoms with Crippen molar-refractivity contribution in [1.82, 2.24) is 9.66 Å². The number of fused-ring (bicyclic) bond motifs is 1. The first-order chi connectivity index (χ1) is 17.4. The van der Waals surface area contributed by atoms with Crippen LogP contribution in [0.3, 0.4) is 0 Å². The number of hydrogen-bond donors (Lipinski definition) is 1. The van der Waals surface area contributed by atoms with Crippen LogP contribution >= 0.6 is 15.9 Å². The summed E-state index contributed by atoms with van der Waals surface area (Å²) in [7, 11) is 0. The predicted molar refractivity (Wildman–Crippen MR) is 142 cm³/mol. The zero-order valence-corrected chi connectivity index (χ0v) is 21.3. The van der Waals surface area contributed by atoms with Crippen molar-refractivity contribution < 1.29 is 13.9 Å². The van der Waals surface area contributed by atoms with Gasteiger partial charge in [-0.15, -0.1) is 0 Å². The summed E-state index contributed by atoms with van der Waals surface area (Å²) in [6, 6.07) is 18.3. The first-order valence-electron chi connectivity index (χ1n) is 11.4. The van der Waals surface area contributed by atoms with E-state index in [1.54, 1.807) is 48.5 Å². The Morgan fingerprint density at radius 2 is 1.94 bits per heavy atom. The largest absolute Gasteiger partial charge is 0.483 e. The molecule has 1 N–H and O–H groups in total. The second-order valence-electron chi connectivity index (χ2n) is 8.16. The molecule has 36 heavy (non-hydrogen) atoms. The Morgan fingerprint density at radius 3 is 2.72 bits per heavy atom. The van der Waals surface area contributed by atoms with E-state index in [2.05, 4.69) is 26.3 Å². The molecule has 7 nitrogen and oxygen atoms in total. The Hall–Kier alpha value is -3.85. The summed E-state index contributed by atoms with van der Waals surface area (Å²) in [5, 5.41) is 7.39. The molecule has 9 heteroatoms. The van der Waals surface area contributed by atoms with Crippen LogP contribution in [0.5, 0.6) is 5.75 Å². The highest BCUT2D eigenvalue weighted by molar-refractivity contribution is 9.10. The van der Waals surface area contributed by atoms with E-state index in [0.29, 0.717) is 28.0 Å². The molecule has 0 saturated carbocycles. The van der Waals surface area contributed by atoms with Gasteiger partial charge in [0.25, 0.3) is 11.5 Å². The molecule has 0 saturated heterocycles. The molecule has 3 aromatic carbocycles. The van der Waals surface area contributed by atoms with Gasteiger partial charge < -0.3 is 10.1 Å². The fourth-order valence-electron chi connectivity index (χ4n) is 3.51. The number of para-hydroxylation sites is 2. The lowest BCUT2D eigenvalue weighted by Gasteiger charge is -2.14. The molecule has 0 aliphatic heterocycles. The minimum atomic E-state index is -0.531. The van der Waals surface area contributed by atoms with E-state index in [-0.39, 0.29) is 23.8 Å². The van der Waals surface area contributed by atoms with Crippen LogP contribution in [0.25, 0.3) is 10.9 Å². The number of hydrogen-bond acceptors (Lipinski definition) is 5. The summed E-state index contributed by atoms with van der Waals surface area (Å²) in [5.41, 5.74) is 0.964. The first kappa shape index (κ1) is 25.2. The number of aromatic nitrogens is 2. The van der Waals surface area contributed by atoms with E-state index in [4.69, 9.17) is 9.72 Å². The summed E-state index contributed by atoms with van der Waals surface area (Å²) in [5.74, 6) is -0.101. The zero-order valence-electron chi connectivity index (χ0n) is 19.7. The smallest absolute Gasteiger partial charge is 0.282 e. The minimum Gasteiger partial charge on any atom is -0.483 e. The normalized spacial score (nSPS) is 12.1. The summed E-state index contributed by atoms with van der Waals surface area (Å²) in [6.07, 6.45) is 2.28. The summed E-state index contributed by atoms with van der Waals surface area (Å²) in [6.45, 7) is 3.68. The van der Waals surface area contributed by atoms with Gasteiger partial charge in [-0.3, -0.25) is 9.59 Å². The van der Waals surface area contributed by atoms with Crippen LogP contribution in [0.15, 0.2) is 81.1 Å². The number of amides is 1. The average Bonchev–Trinajstić information content (AvgIpc) is 2.88. The summed E-state index contributed by atoms with van der Waals surface area (Å²) in [4.78, 5) is 30.3. The number of carbonyl (C=O) groups is 1. The molecule has 0 aliphatic rings. The van der Waals surface area contributed by atoms with Crippen LogP contribution in [-0.2, 0) is 4.79 Å². The molecule has 1 atom stereocenters. The molecule has 0 unspecified atom stereocenters. The number of nitrogens with zero attached hydrogens (tertiary/aromatic N) is 3. The third-order valence-corrected chi connectivity index (χ3v) is 6.12. The number of ether oxygens (including phenoxy) is 1. The predicted octanol–water partition coefficient (Wildman–Crippen LogP) is 5.71. The van der Waals surface area contributed by atoms with Gasteiger partial charge in [0.1, 0.15) is 17.4 Å². The third-order valence-electron chi connectivity index (χ3n) is 5.62. The molecule has 0 radical (unpaired) electrons. The fourth-order valence-corrected chi connectivity index (χ4v) is 3.87. The number of halogens is 2. The monoisotopic (exact) mass is 550 g/mol. The number of nitrogens with one attached hydrogen (secondary N) is 1. The van der Waals surface area contributed by atoms with Crippen LogP contribution in [0.2, 0.25) is 0 Å². The lowest BCUT2D eigenvalue weighted by Crippen LogP contribution is -2.24. The molecule has 0 bridgehead atoms. The van der Waals surface area contributed by atoms with Crippen molar-refractivity contribution in [2.24, 2.45) is 5.10 Å². The number of carbonyl (C=O) groups excluding carboxylic acids is 1. The van der Waals surface area contributed by atoms with E-state index < -0.39 is 11.7 Å². The Kier molecular flexibility index (Phi) is 7.90. The van der Waals surface area contributed by atoms with Gasteiger partial charge in [-0.05, 0) is 48.9 Å². The van der Waals surface area contributed by atoms with Crippen molar-refractivity contribution in [2.45, 2.75) is 26.2 Å².